The van der Waals surface area contributed by atoms with Crippen LogP contribution in [0.4, 0.5) is 0 Å². The fourth-order valence-corrected chi connectivity index (χ4v) is 2.19. The number of rotatable bonds is 2. The van der Waals surface area contributed by atoms with Crippen LogP contribution in [0.15, 0.2) is 30.5 Å². The molecule has 3 rings (SSSR count). The second-order valence-electron chi connectivity index (χ2n) is 4.19. The van der Waals surface area contributed by atoms with Crippen molar-refractivity contribution < 1.29 is 4.74 Å². The molecule has 0 saturated carbocycles. The van der Waals surface area contributed by atoms with Gasteiger partial charge in [-0.05, 0) is 12.1 Å². The summed E-state index contributed by atoms with van der Waals surface area (Å²) in [5.74, 6) is 0.798. The first-order valence-corrected chi connectivity index (χ1v) is 5.66. The standard InChI is InChI=1S/C13H12N4O/c1-18-12-4-2-3-11(5-12)17-13-8-16(9-14)7-10(13)6-15-17/h2-6H,7-8H2,1H3. The minimum absolute atomic E-state index is 0.614. The molecule has 0 spiro atoms. The average Bonchev–Trinajstić information content (AvgIpc) is 2.98. The molecule has 0 radical (unpaired) electrons. The second kappa shape index (κ2) is 4.08. The number of aromatic nitrogens is 2. The van der Waals surface area contributed by atoms with Crippen molar-refractivity contribution in [2.45, 2.75) is 13.1 Å². The molecule has 0 N–H and O–H groups in total. The van der Waals surface area contributed by atoms with Crippen LogP contribution in [0.3, 0.4) is 0 Å². The molecule has 5 heteroatoms. The van der Waals surface area contributed by atoms with Gasteiger partial charge in [0.2, 0.25) is 0 Å². The minimum atomic E-state index is 0.614. The first-order valence-electron chi connectivity index (χ1n) is 5.66. The Bertz CT molecular complexity index is 626. The van der Waals surface area contributed by atoms with Crippen LogP contribution in [0.2, 0.25) is 0 Å². The monoisotopic (exact) mass is 240 g/mol. The highest BCUT2D eigenvalue weighted by molar-refractivity contribution is 5.41. The van der Waals surface area contributed by atoms with Gasteiger partial charge in [0.1, 0.15) is 5.75 Å². The summed E-state index contributed by atoms with van der Waals surface area (Å²) in [6, 6.07) is 7.74. The van der Waals surface area contributed by atoms with Gasteiger partial charge in [-0.15, -0.1) is 0 Å². The van der Waals surface area contributed by atoms with Gasteiger partial charge in [0, 0.05) is 11.6 Å². The Balaban J connectivity index is 2.02. The average molecular weight is 240 g/mol. The third-order valence-corrected chi connectivity index (χ3v) is 3.10. The van der Waals surface area contributed by atoms with Crippen LogP contribution in [-0.2, 0) is 13.1 Å². The molecule has 0 bridgehead atoms. The van der Waals surface area contributed by atoms with Crippen LogP contribution in [0.5, 0.6) is 5.75 Å². The lowest BCUT2D eigenvalue weighted by Crippen LogP contribution is -2.10. The number of nitriles is 1. The Morgan fingerprint density at radius 3 is 3.06 bits per heavy atom. The van der Waals surface area contributed by atoms with Crippen molar-refractivity contribution in [1.29, 1.82) is 5.26 Å². The molecule has 1 aliphatic rings. The molecule has 0 fully saturated rings. The summed E-state index contributed by atoms with van der Waals surface area (Å²) in [6.45, 7) is 1.26. The van der Waals surface area contributed by atoms with Crippen molar-refractivity contribution in [3.63, 3.8) is 0 Å². The molecule has 0 atom stereocenters. The van der Waals surface area contributed by atoms with Crippen LogP contribution in [0.1, 0.15) is 11.3 Å². The summed E-state index contributed by atoms with van der Waals surface area (Å²) in [5.41, 5.74) is 3.14. The molecule has 0 amide bonds. The van der Waals surface area contributed by atoms with Gasteiger partial charge in [0.05, 0.1) is 37.8 Å². The van der Waals surface area contributed by atoms with E-state index in [9.17, 15) is 0 Å². The van der Waals surface area contributed by atoms with E-state index in [1.54, 1.807) is 12.0 Å². The molecule has 1 aliphatic heterocycles. The SMILES string of the molecule is COc1cccc(-n2ncc3c2CN(C#N)C3)c1. The molecule has 18 heavy (non-hydrogen) atoms. The molecular formula is C13H12N4O. The Labute approximate surface area is 105 Å². The van der Waals surface area contributed by atoms with Gasteiger partial charge in [-0.25, -0.2) is 4.68 Å². The fraction of sp³-hybridized carbons (Fsp3) is 0.231. The summed E-state index contributed by atoms with van der Waals surface area (Å²) >= 11 is 0. The molecule has 0 aliphatic carbocycles. The molecule has 5 nitrogen and oxygen atoms in total. The summed E-state index contributed by atoms with van der Waals surface area (Å²) in [7, 11) is 1.64. The van der Waals surface area contributed by atoms with E-state index in [1.807, 2.05) is 35.1 Å². The predicted molar refractivity (Wildman–Crippen MR) is 65.0 cm³/mol. The topological polar surface area (TPSA) is 54.1 Å². The van der Waals surface area contributed by atoms with Crippen LogP contribution in [-0.4, -0.2) is 21.8 Å². The number of nitrogens with zero attached hydrogens (tertiary/aromatic N) is 4. The van der Waals surface area contributed by atoms with E-state index in [2.05, 4.69) is 11.3 Å². The van der Waals surface area contributed by atoms with E-state index >= 15 is 0 Å². The molecule has 90 valence electrons. The van der Waals surface area contributed by atoms with E-state index in [0.717, 1.165) is 22.7 Å². The van der Waals surface area contributed by atoms with Crippen LogP contribution >= 0.6 is 0 Å². The Kier molecular flexibility index (Phi) is 2.41. The summed E-state index contributed by atoms with van der Waals surface area (Å²) in [5, 5.41) is 13.3. The van der Waals surface area contributed by atoms with E-state index in [-0.39, 0.29) is 0 Å². The van der Waals surface area contributed by atoms with Gasteiger partial charge in [-0.1, -0.05) is 6.07 Å². The van der Waals surface area contributed by atoms with E-state index in [0.29, 0.717) is 13.1 Å². The Morgan fingerprint density at radius 1 is 1.39 bits per heavy atom. The number of benzene rings is 1. The number of fused-ring (bicyclic) bond motifs is 1. The predicted octanol–water partition coefficient (Wildman–Crippen LogP) is 1.68. The van der Waals surface area contributed by atoms with Crippen molar-refractivity contribution >= 4 is 0 Å². The largest absolute Gasteiger partial charge is 0.497 e. The highest BCUT2D eigenvalue weighted by Crippen LogP contribution is 2.25. The van der Waals surface area contributed by atoms with Crippen LogP contribution < -0.4 is 4.74 Å². The van der Waals surface area contributed by atoms with E-state index in [4.69, 9.17) is 10.00 Å². The molecule has 1 aromatic carbocycles. The maximum Gasteiger partial charge on any atom is 0.180 e. The van der Waals surface area contributed by atoms with Crippen molar-refractivity contribution in [3.05, 3.63) is 41.7 Å². The second-order valence-corrected chi connectivity index (χ2v) is 4.19. The summed E-state index contributed by atoms with van der Waals surface area (Å²) in [6.07, 6.45) is 3.99. The first-order chi connectivity index (χ1) is 8.81. The molecule has 1 aromatic heterocycles. The molecular weight excluding hydrogens is 228 g/mol. The minimum Gasteiger partial charge on any atom is -0.497 e. The lowest BCUT2D eigenvalue weighted by Gasteiger charge is -2.09. The Hall–Kier alpha value is -2.48. The number of hydrogen-bond acceptors (Lipinski definition) is 4. The third-order valence-electron chi connectivity index (χ3n) is 3.10. The molecule has 2 heterocycles. The normalized spacial score (nSPS) is 13.2. The quantitative estimate of drug-likeness (QED) is 0.749. The summed E-state index contributed by atoms with van der Waals surface area (Å²) in [4.78, 5) is 1.71. The zero-order valence-corrected chi connectivity index (χ0v) is 10.00. The number of methoxy groups -OCH3 is 1. The van der Waals surface area contributed by atoms with E-state index in [1.165, 1.54) is 0 Å². The van der Waals surface area contributed by atoms with Crippen molar-refractivity contribution in [2.75, 3.05) is 7.11 Å². The van der Waals surface area contributed by atoms with Crippen LogP contribution in [0, 0.1) is 11.5 Å². The maximum absolute atomic E-state index is 8.93. The smallest absolute Gasteiger partial charge is 0.180 e. The number of hydrogen-bond donors (Lipinski definition) is 0. The lowest BCUT2D eigenvalue weighted by molar-refractivity contribution is 0.407. The van der Waals surface area contributed by atoms with Gasteiger partial charge < -0.3 is 9.64 Å². The van der Waals surface area contributed by atoms with Gasteiger partial charge in [0.25, 0.3) is 0 Å². The van der Waals surface area contributed by atoms with Crippen LogP contribution in [0.25, 0.3) is 5.69 Å². The zero-order chi connectivity index (χ0) is 12.5. The van der Waals surface area contributed by atoms with Gasteiger partial charge in [-0.3, -0.25) is 0 Å². The highest BCUT2D eigenvalue weighted by atomic mass is 16.5. The zero-order valence-electron chi connectivity index (χ0n) is 10.00. The molecule has 0 unspecified atom stereocenters. The highest BCUT2D eigenvalue weighted by Gasteiger charge is 2.23. The fourth-order valence-electron chi connectivity index (χ4n) is 2.19. The molecule has 0 saturated heterocycles. The van der Waals surface area contributed by atoms with Gasteiger partial charge in [0.15, 0.2) is 6.19 Å². The Morgan fingerprint density at radius 2 is 2.28 bits per heavy atom. The maximum atomic E-state index is 8.93. The van der Waals surface area contributed by atoms with Crippen molar-refractivity contribution in [3.8, 4) is 17.6 Å². The molecule has 2 aromatic rings. The number of ether oxygens (including phenoxy) is 1. The first kappa shape index (κ1) is 10.7. The van der Waals surface area contributed by atoms with Gasteiger partial charge >= 0.3 is 0 Å². The van der Waals surface area contributed by atoms with Crippen molar-refractivity contribution in [1.82, 2.24) is 14.7 Å². The van der Waals surface area contributed by atoms with Crippen molar-refractivity contribution in [2.24, 2.45) is 0 Å². The van der Waals surface area contributed by atoms with Gasteiger partial charge in [-0.2, -0.15) is 10.4 Å². The third kappa shape index (κ3) is 1.59. The lowest BCUT2D eigenvalue weighted by atomic mass is 10.2. The van der Waals surface area contributed by atoms with E-state index < -0.39 is 0 Å². The summed E-state index contributed by atoms with van der Waals surface area (Å²) < 4.78 is 7.08.